The molecule has 1 N–H and O–H groups in total. The summed E-state index contributed by atoms with van der Waals surface area (Å²) in [7, 11) is 0. The summed E-state index contributed by atoms with van der Waals surface area (Å²) in [5, 5.41) is 4.01. The van der Waals surface area contributed by atoms with E-state index in [0.717, 1.165) is 21.6 Å². The van der Waals surface area contributed by atoms with Crippen molar-refractivity contribution in [2.45, 2.75) is 25.7 Å². The predicted octanol–water partition coefficient (Wildman–Crippen LogP) is 4.02. The van der Waals surface area contributed by atoms with Gasteiger partial charge in [0, 0.05) is 4.90 Å². The molecule has 0 fully saturated rings. The molecule has 0 saturated heterocycles. The third-order valence-electron chi connectivity index (χ3n) is 3.59. The van der Waals surface area contributed by atoms with Gasteiger partial charge in [0.2, 0.25) is 6.41 Å². The minimum absolute atomic E-state index is 0.400. The van der Waals surface area contributed by atoms with E-state index in [1.54, 1.807) is 5.41 Å². The Kier molecular flexibility index (Phi) is 5.77. The second-order valence-corrected chi connectivity index (χ2v) is 6.30. The van der Waals surface area contributed by atoms with Crippen LogP contribution in [0.15, 0.2) is 52.8 Å². The molecular weight excluding hydrogens is 306 g/mol. The van der Waals surface area contributed by atoms with Crippen molar-refractivity contribution in [3.05, 3.63) is 70.1 Å². The van der Waals surface area contributed by atoms with Gasteiger partial charge in [-0.3, -0.25) is 14.9 Å². The van der Waals surface area contributed by atoms with E-state index in [1.165, 1.54) is 17.3 Å². The molecule has 0 aliphatic heterocycles. The lowest BCUT2D eigenvalue weighted by Gasteiger charge is -2.09. The number of thioether (sulfide) groups is 1. The van der Waals surface area contributed by atoms with Gasteiger partial charge in [-0.05, 0) is 55.0 Å². The number of nitrogens with one attached hydrogen (secondary N) is 1. The van der Waals surface area contributed by atoms with Gasteiger partial charge in [0.15, 0.2) is 0 Å². The van der Waals surface area contributed by atoms with Gasteiger partial charge in [0.25, 0.3) is 5.91 Å². The lowest BCUT2D eigenvalue weighted by atomic mass is 10.0. The van der Waals surface area contributed by atoms with Crippen molar-refractivity contribution in [1.82, 2.24) is 5.32 Å². The van der Waals surface area contributed by atoms with E-state index >= 15 is 0 Å². The van der Waals surface area contributed by atoms with Crippen molar-refractivity contribution in [2.75, 3.05) is 0 Å². The Morgan fingerprint density at radius 3 is 2.30 bits per heavy atom. The summed E-state index contributed by atoms with van der Waals surface area (Å²) in [5.74, 6) is -0.400. The van der Waals surface area contributed by atoms with Crippen molar-refractivity contribution in [3.63, 3.8) is 0 Å². The fourth-order valence-electron chi connectivity index (χ4n) is 2.04. The van der Waals surface area contributed by atoms with E-state index in [2.05, 4.69) is 5.32 Å². The Bertz CT molecular complexity index is 748. The minimum atomic E-state index is -0.400. The summed E-state index contributed by atoms with van der Waals surface area (Å²) < 4.78 is 0. The number of hydrogen-bond acceptors (Lipinski definition) is 3. The van der Waals surface area contributed by atoms with E-state index < -0.39 is 5.91 Å². The molecule has 2 aromatic carbocycles. The molecule has 0 saturated carbocycles. The maximum absolute atomic E-state index is 12.2. The number of rotatable bonds is 5. The van der Waals surface area contributed by atoms with Crippen LogP contribution in [0.1, 0.15) is 22.3 Å². The fourth-order valence-corrected chi connectivity index (χ4v) is 2.83. The smallest absolute Gasteiger partial charge is 0.258 e. The largest absolute Gasteiger partial charge is 0.295 e. The first kappa shape index (κ1) is 17.0. The predicted molar refractivity (Wildman–Crippen MR) is 95.1 cm³/mol. The van der Waals surface area contributed by atoms with Crippen LogP contribution in [-0.4, -0.2) is 12.3 Å². The van der Waals surface area contributed by atoms with Gasteiger partial charge in [-0.1, -0.05) is 47.7 Å². The lowest BCUT2D eigenvalue weighted by Crippen LogP contribution is -2.22. The minimum Gasteiger partial charge on any atom is -0.295 e. The van der Waals surface area contributed by atoms with Crippen molar-refractivity contribution in [3.8, 4) is 0 Å². The molecule has 0 bridgehead atoms. The zero-order chi connectivity index (χ0) is 16.8. The van der Waals surface area contributed by atoms with Crippen LogP contribution < -0.4 is 5.32 Å². The molecule has 0 aromatic heterocycles. The topological polar surface area (TPSA) is 46.2 Å². The molecule has 2 aromatic rings. The fraction of sp³-hybridized carbons (Fsp3) is 0.158. The molecule has 0 atom stereocenters. The number of carbonyl (C=O) groups excluding carboxylic acids is 2. The Morgan fingerprint density at radius 2 is 1.70 bits per heavy atom. The van der Waals surface area contributed by atoms with E-state index in [-0.39, 0.29) is 0 Å². The molecular formula is C19H19NO2S. The van der Waals surface area contributed by atoms with Gasteiger partial charge in [-0.25, -0.2) is 0 Å². The maximum Gasteiger partial charge on any atom is 0.258 e. The molecule has 2 rings (SSSR count). The number of aryl methyl sites for hydroxylation is 3. The van der Waals surface area contributed by atoms with Crippen LogP contribution in [0.2, 0.25) is 0 Å². The highest BCUT2D eigenvalue weighted by molar-refractivity contribution is 8.02. The zero-order valence-electron chi connectivity index (χ0n) is 13.4. The van der Waals surface area contributed by atoms with Crippen LogP contribution in [0.25, 0.3) is 5.57 Å². The van der Waals surface area contributed by atoms with Crippen LogP contribution in [0.4, 0.5) is 0 Å². The van der Waals surface area contributed by atoms with Gasteiger partial charge in [0.1, 0.15) is 0 Å². The summed E-state index contributed by atoms with van der Waals surface area (Å²) in [6.45, 7) is 6.05. The number of benzene rings is 2. The molecule has 0 unspecified atom stereocenters. The monoisotopic (exact) mass is 325 g/mol. The molecule has 0 heterocycles. The van der Waals surface area contributed by atoms with E-state index in [0.29, 0.717) is 12.0 Å². The number of imide groups is 1. The standard InChI is InChI=1S/C19H19NO2S/c1-13-4-8-17(9-5-13)23-11-18(19(22)20-12-21)16-7-6-14(2)15(3)10-16/h4-12H,1-3H3,(H,20,21,22)/b18-11-. The first-order chi connectivity index (χ1) is 11.0. The number of carbonyl (C=O) groups is 2. The lowest BCUT2D eigenvalue weighted by molar-refractivity contribution is -0.121. The van der Waals surface area contributed by atoms with Crippen molar-refractivity contribution < 1.29 is 9.59 Å². The van der Waals surface area contributed by atoms with Crippen molar-refractivity contribution in [2.24, 2.45) is 0 Å². The summed E-state index contributed by atoms with van der Waals surface area (Å²) >= 11 is 1.46. The van der Waals surface area contributed by atoms with E-state index in [4.69, 9.17) is 0 Å². The highest BCUT2D eigenvalue weighted by Gasteiger charge is 2.12. The Morgan fingerprint density at radius 1 is 1.00 bits per heavy atom. The van der Waals surface area contributed by atoms with Crippen LogP contribution in [0.5, 0.6) is 0 Å². The van der Waals surface area contributed by atoms with Gasteiger partial charge in [-0.15, -0.1) is 0 Å². The normalized spacial score (nSPS) is 11.2. The molecule has 3 nitrogen and oxygen atoms in total. The van der Waals surface area contributed by atoms with Crippen LogP contribution >= 0.6 is 11.8 Å². The van der Waals surface area contributed by atoms with Crippen molar-refractivity contribution in [1.29, 1.82) is 0 Å². The second kappa shape index (κ2) is 7.79. The average molecular weight is 325 g/mol. The Hall–Kier alpha value is -2.33. The number of hydrogen-bond donors (Lipinski definition) is 1. The van der Waals surface area contributed by atoms with Gasteiger partial charge < -0.3 is 0 Å². The highest BCUT2D eigenvalue weighted by atomic mass is 32.2. The summed E-state index contributed by atoms with van der Waals surface area (Å²) in [6.07, 6.45) is 0.410. The Balaban J connectivity index is 2.34. The highest BCUT2D eigenvalue weighted by Crippen LogP contribution is 2.26. The third kappa shape index (κ3) is 4.57. The van der Waals surface area contributed by atoms with Gasteiger partial charge >= 0.3 is 0 Å². The van der Waals surface area contributed by atoms with Crippen LogP contribution in [-0.2, 0) is 9.59 Å². The molecule has 0 aliphatic rings. The molecule has 0 spiro atoms. The molecule has 2 amide bonds. The molecule has 23 heavy (non-hydrogen) atoms. The first-order valence-corrected chi connectivity index (χ1v) is 8.15. The van der Waals surface area contributed by atoms with Crippen LogP contribution in [0.3, 0.4) is 0 Å². The van der Waals surface area contributed by atoms with E-state index in [1.807, 2.05) is 63.2 Å². The van der Waals surface area contributed by atoms with Gasteiger partial charge in [0.05, 0.1) is 5.57 Å². The first-order valence-electron chi connectivity index (χ1n) is 7.27. The quantitative estimate of drug-likeness (QED) is 0.513. The molecule has 0 radical (unpaired) electrons. The maximum atomic E-state index is 12.2. The summed E-state index contributed by atoms with van der Waals surface area (Å²) in [5.41, 5.74) is 4.73. The Labute approximate surface area is 140 Å². The SMILES string of the molecule is Cc1ccc(S/C=C(\C(=O)NC=O)c2ccc(C)c(C)c2)cc1. The molecule has 4 heteroatoms. The third-order valence-corrected chi connectivity index (χ3v) is 4.48. The summed E-state index contributed by atoms with van der Waals surface area (Å²) in [6, 6.07) is 13.9. The van der Waals surface area contributed by atoms with Crippen molar-refractivity contribution >= 4 is 29.7 Å². The number of amides is 2. The second-order valence-electron chi connectivity index (χ2n) is 5.35. The molecule has 118 valence electrons. The average Bonchev–Trinajstić information content (AvgIpc) is 2.53. The van der Waals surface area contributed by atoms with Crippen LogP contribution in [0, 0.1) is 20.8 Å². The zero-order valence-corrected chi connectivity index (χ0v) is 14.2. The summed E-state index contributed by atoms with van der Waals surface area (Å²) in [4.78, 5) is 23.8. The van der Waals surface area contributed by atoms with Gasteiger partial charge in [-0.2, -0.15) is 0 Å². The van der Waals surface area contributed by atoms with E-state index in [9.17, 15) is 9.59 Å². The molecule has 0 aliphatic carbocycles.